The number of pyridine rings is 1. The van der Waals surface area contributed by atoms with Gasteiger partial charge in [-0.2, -0.15) is 0 Å². The van der Waals surface area contributed by atoms with E-state index in [-0.39, 0.29) is 11.2 Å². The van der Waals surface area contributed by atoms with Gasteiger partial charge >= 0.3 is 7.12 Å². The molecule has 0 amide bonds. The maximum atomic E-state index is 6.49. The van der Waals surface area contributed by atoms with E-state index in [0.717, 1.165) is 0 Å². The standard InChI is InChI=1S/C14H19BClNO2/c1-13(2)14(3,4)19-15(18-13)12-11(16)10(7-8-17-12)9-5-6-9/h7-9H,5-6H2,1-4H3. The Hall–Kier alpha value is -0.575. The maximum absolute atomic E-state index is 6.49. The lowest BCUT2D eigenvalue weighted by Gasteiger charge is -2.32. The van der Waals surface area contributed by atoms with E-state index in [2.05, 4.69) is 4.98 Å². The third-order valence-electron chi connectivity index (χ3n) is 4.44. The SMILES string of the molecule is CC1(C)OB(c2nccc(C3CC3)c2Cl)OC1(C)C. The average molecular weight is 280 g/mol. The van der Waals surface area contributed by atoms with Crippen molar-refractivity contribution in [3.05, 3.63) is 22.8 Å². The van der Waals surface area contributed by atoms with Crippen molar-refractivity contribution >= 4 is 24.3 Å². The first kappa shape index (κ1) is 13.4. The Morgan fingerprint density at radius 3 is 2.32 bits per heavy atom. The van der Waals surface area contributed by atoms with Crippen LogP contribution < -0.4 is 5.59 Å². The van der Waals surface area contributed by atoms with Gasteiger partial charge in [-0.3, -0.25) is 4.98 Å². The Kier molecular flexibility index (Phi) is 2.97. The fourth-order valence-corrected chi connectivity index (χ4v) is 2.66. The average Bonchev–Trinajstić information content (AvgIpc) is 3.08. The summed E-state index contributed by atoms with van der Waals surface area (Å²) in [6, 6.07) is 2.01. The molecule has 5 heteroatoms. The molecule has 1 saturated carbocycles. The van der Waals surface area contributed by atoms with E-state index in [4.69, 9.17) is 20.9 Å². The molecule has 2 fully saturated rings. The van der Waals surface area contributed by atoms with Crippen LogP contribution in [0.1, 0.15) is 52.0 Å². The lowest BCUT2D eigenvalue weighted by molar-refractivity contribution is 0.00578. The van der Waals surface area contributed by atoms with Gasteiger partial charge < -0.3 is 9.31 Å². The van der Waals surface area contributed by atoms with E-state index in [1.54, 1.807) is 6.20 Å². The molecule has 0 unspecified atom stereocenters. The van der Waals surface area contributed by atoms with Gasteiger partial charge in [0, 0.05) is 6.20 Å². The van der Waals surface area contributed by atoms with Gasteiger partial charge in [0.1, 0.15) is 0 Å². The fraction of sp³-hybridized carbons (Fsp3) is 0.643. The van der Waals surface area contributed by atoms with Crippen molar-refractivity contribution in [3.8, 4) is 0 Å². The molecule has 0 aromatic carbocycles. The Labute approximate surface area is 119 Å². The number of aromatic nitrogens is 1. The van der Waals surface area contributed by atoms with Gasteiger partial charge in [-0.15, -0.1) is 0 Å². The van der Waals surface area contributed by atoms with Crippen LogP contribution in [-0.4, -0.2) is 23.3 Å². The highest BCUT2D eigenvalue weighted by atomic mass is 35.5. The van der Waals surface area contributed by atoms with Crippen LogP contribution in [-0.2, 0) is 9.31 Å². The van der Waals surface area contributed by atoms with Crippen LogP contribution in [0.25, 0.3) is 0 Å². The molecule has 1 aromatic rings. The summed E-state index contributed by atoms with van der Waals surface area (Å²) in [5, 5.41) is 0.712. The van der Waals surface area contributed by atoms with Crippen molar-refractivity contribution in [2.75, 3.05) is 0 Å². The van der Waals surface area contributed by atoms with Crippen molar-refractivity contribution < 1.29 is 9.31 Å². The van der Waals surface area contributed by atoms with Crippen molar-refractivity contribution in [3.63, 3.8) is 0 Å². The molecule has 19 heavy (non-hydrogen) atoms. The summed E-state index contributed by atoms with van der Waals surface area (Å²) >= 11 is 6.49. The molecule has 2 aliphatic rings. The molecule has 102 valence electrons. The van der Waals surface area contributed by atoms with E-state index in [9.17, 15) is 0 Å². The van der Waals surface area contributed by atoms with E-state index in [0.29, 0.717) is 16.5 Å². The quantitative estimate of drug-likeness (QED) is 0.780. The molecule has 0 radical (unpaired) electrons. The monoisotopic (exact) mass is 279 g/mol. The first-order valence-corrected chi connectivity index (χ1v) is 7.19. The van der Waals surface area contributed by atoms with Gasteiger partial charge in [0.2, 0.25) is 0 Å². The Morgan fingerprint density at radius 2 is 1.79 bits per heavy atom. The molecule has 2 heterocycles. The molecule has 3 rings (SSSR count). The predicted molar refractivity (Wildman–Crippen MR) is 76.9 cm³/mol. The maximum Gasteiger partial charge on any atom is 0.516 e. The molecule has 0 spiro atoms. The van der Waals surface area contributed by atoms with E-state index >= 15 is 0 Å². The van der Waals surface area contributed by atoms with Crippen LogP contribution in [0.4, 0.5) is 0 Å². The minimum Gasteiger partial charge on any atom is -0.398 e. The van der Waals surface area contributed by atoms with Gasteiger partial charge in [-0.1, -0.05) is 11.6 Å². The van der Waals surface area contributed by atoms with Crippen LogP contribution >= 0.6 is 11.6 Å². The largest absolute Gasteiger partial charge is 0.516 e. The van der Waals surface area contributed by atoms with E-state index in [1.165, 1.54) is 18.4 Å². The highest BCUT2D eigenvalue weighted by Gasteiger charge is 2.53. The first-order chi connectivity index (χ1) is 8.82. The minimum absolute atomic E-state index is 0.363. The first-order valence-electron chi connectivity index (χ1n) is 6.82. The Bertz CT molecular complexity index is 498. The Morgan fingerprint density at radius 1 is 1.21 bits per heavy atom. The summed E-state index contributed by atoms with van der Waals surface area (Å²) in [5.41, 5.74) is 1.17. The predicted octanol–water partition coefficient (Wildman–Crippen LogP) is 2.91. The fourth-order valence-electron chi connectivity index (χ4n) is 2.30. The summed E-state index contributed by atoms with van der Waals surface area (Å²) in [6.07, 6.45) is 4.24. The second-order valence-corrected chi connectivity index (χ2v) is 6.84. The Balaban J connectivity index is 1.94. The zero-order valence-corrected chi connectivity index (χ0v) is 12.6. The summed E-state index contributed by atoms with van der Waals surface area (Å²) in [6.45, 7) is 8.13. The topological polar surface area (TPSA) is 31.4 Å². The normalized spacial score (nSPS) is 24.8. The van der Waals surface area contributed by atoms with Gasteiger partial charge in [-0.25, -0.2) is 0 Å². The van der Waals surface area contributed by atoms with Crippen LogP contribution in [0.2, 0.25) is 5.02 Å². The van der Waals surface area contributed by atoms with Gasteiger partial charge in [0.25, 0.3) is 0 Å². The van der Waals surface area contributed by atoms with Crippen LogP contribution in [0.3, 0.4) is 0 Å². The van der Waals surface area contributed by atoms with Gasteiger partial charge in [0.05, 0.1) is 21.8 Å². The summed E-state index contributed by atoms with van der Waals surface area (Å²) in [4.78, 5) is 4.38. The molecule has 0 N–H and O–H groups in total. The van der Waals surface area contributed by atoms with Gasteiger partial charge in [0.15, 0.2) is 0 Å². The molecule has 3 nitrogen and oxygen atoms in total. The van der Waals surface area contributed by atoms with E-state index < -0.39 is 7.12 Å². The van der Waals surface area contributed by atoms with Crippen molar-refractivity contribution in [2.45, 2.75) is 57.7 Å². The molecule has 1 aliphatic carbocycles. The number of hydrogen-bond donors (Lipinski definition) is 0. The van der Waals surface area contributed by atoms with Crippen LogP contribution in [0.5, 0.6) is 0 Å². The van der Waals surface area contributed by atoms with Crippen LogP contribution in [0.15, 0.2) is 12.3 Å². The molecule has 1 aromatic heterocycles. The van der Waals surface area contributed by atoms with Gasteiger partial charge in [-0.05, 0) is 58.1 Å². The molecular weight excluding hydrogens is 260 g/mol. The molecule has 0 bridgehead atoms. The second kappa shape index (κ2) is 4.21. The van der Waals surface area contributed by atoms with Crippen molar-refractivity contribution in [1.29, 1.82) is 0 Å². The second-order valence-electron chi connectivity index (χ2n) is 6.46. The summed E-state index contributed by atoms with van der Waals surface area (Å²) < 4.78 is 12.0. The molecular formula is C14H19BClNO2. The van der Waals surface area contributed by atoms with Crippen molar-refractivity contribution in [2.24, 2.45) is 0 Å². The third-order valence-corrected chi connectivity index (χ3v) is 4.85. The zero-order chi connectivity index (χ0) is 13.8. The highest BCUT2D eigenvalue weighted by Crippen LogP contribution is 2.43. The highest BCUT2D eigenvalue weighted by molar-refractivity contribution is 6.64. The minimum atomic E-state index is -0.476. The lowest BCUT2D eigenvalue weighted by Crippen LogP contribution is -2.41. The number of nitrogens with zero attached hydrogens (tertiary/aromatic N) is 1. The number of halogens is 1. The van der Waals surface area contributed by atoms with E-state index in [1.807, 2.05) is 33.8 Å². The van der Waals surface area contributed by atoms with Crippen LogP contribution in [0, 0.1) is 0 Å². The molecule has 0 atom stereocenters. The number of rotatable bonds is 2. The zero-order valence-electron chi connectivity index (χ0n) is 11.9. The molecule has 1 saturated heterocycles. The third kappa shape index (κ3) is 2.20. The summed E-state index contributed by atoms with van der Waals surface area (Å²) in [5.74, 6) is 0.594. The molecule has 1 aliphatic heterocycles. The number of hydrogen-bond acceptors (Lipinski definition) is 3. The lowest BCUT2D eigenvalue weighted by atomic mass is 9.83. The smallest absolute Gasteiger partial charge is 0.398 e. The van der Waals surface area contributed by atoms with Crippen molar-refractivity contribution in [1.82, 2.24) is 4.98 Å². The summed E-state index contributed by atoms with van der Waals surface area (Å²) in [7, 11) is -0.476.